The summed E-state index contributed by atoms with van der Waals surface area (Å²) in [7, 11) is 0. The Morgan fingerprint density at radius 2 is 1.80 bits per heavy atom. The van der Waals surface area contributed by atoms with Crippen LogP contribution < -0.4 is 10.6 Å². The number of likely N-dealkylation sites (tertiary alicyclic amines) is 1. The smallest absolute Gasteiger partial charge is 0.253 e. The van der Waals surface area contributed by atoms with Crippen molar-refractivity contribution in [3.8, 4) is 0 Å². The van der Waals surface area contributed by atoms with Gasteiger partial charge in [-0.3, -0.25) is 9.59 Å². The number of rotatable bonds is 3. The third kappa shape index (κ3) is 5.33. The Bertz CT molecular complexity index is 588. The average molecular weight is 386 g/mol. The highest BCUT2D eigenvalue weighted by atomic mass is 35.5. The highest BCUT2D eigenvalue weighted by Crippen LogP contribution is 2.20. The van der Waals surface area contributed by atoms with Gasteiger partial charge in [0.25, 0.3) is 5.91 Å². The van der Waals surface area contributed by atoms with E-state index in [1.165, 1.54) is 0 Å². The normalized spacial score (nSPS) is 21.3. The molecule has 2 N–H and O–H groups in total. The molecule has 1 unspecified atom stereocenters. The summed E-state index contributed by atoms with van der Waals surface area (Å²) in [5, 5.41) is 7.07. The predicted octanol–water partition coefficient (Wildman–Crippen LogP) is 2.48. The summed E-state index contributed by atoms with van der Waals surface area (Å²) in [6.07, 6.45) is 3.67. The summed E-state index contributed by atoms with van der Waals surface area (Å²) in [5.41, 5.74) is 0.624. The SMILES string of the molecule is Cl.O=C(NC1CCNCC1)C1CCCN(C(=O)c2ccc(Cl)cc2)C1. The van der Waals surface area contributed by atoms with Gasteiger partial charge in [-0.15, -0.1) is 12.4 Å². The third-order valence-corrected chi connectivity index (χ3v) is 5.11. The van der Waals surface area contributed by atoms with Gasteiger partial charge in [-0.05, 0) is 63.0 Å². The van der Waals surface area contributed by atoms with Crippen LogP contribution in [0.2, 0.25) is 5.02 Å². The number of piperidine rings is 2. The van der Waals surface area contributed by atoms with Crippen molar-refractivity contribution < 1.29 is 9.59 Å². The van der Waals surface area contributed by atoms with Gasteiger partial charge in [0.15, 0.2) is 0 Å². The van der Waals surface area contributed by atoms with E-state index >= 15 is 0 Å². The molecule has 1 atom stereocenters. The fourth-order valence-corrected chi connectivity index (χ4v) is 3.56. The summed E-state index contributed by atoms with van der Waals surface area (Å²) in [5.74, 6) is -0.0357. The van der Waals surface area contributed by atoms with E-state index in [0.29, 0.717) is 23.7 Å². The van der Waals surface area contributed by atoms with Crippen LogP contribution in [0.5, 0.6) is 0 Å². The summed E-state index contributed by atoms with van der Waals surface area (Å²) in [6, 6.07) is 7.19. The Morgan fingerprint density at radius 3 is 2.48 bits per heavy atom. The Labute approximate surface area is 159 Å². The predicted molar refractivity (Wildman–Crippen MR) is 101 cm³/mol. The molecule has 0 aromatic heterocycles. The van der Waals surface area contributed by atoms with Crippen LogP contribution >= 0.6 is 24.0 Å². The average Bonchev–Trinajstić information content (AvgIpc) is 2.63. The molecule has 1 aromatic carbocycles. The minimum atomic E-state index is -0.107. The van der Waals surface area contributed by atoms with Crippen LogP contribution in [-0.4, -0.2) is 48.9 Å². The van der Waals surface area contributed by atoms with Crippen molar-refractivity contribution in [3.05, 3.63) is 34.9 Å². The molecule has 2 aliphatic heterocycles. The van der Waals surface area contributed by atoms with E-state index in [0.717, 1.165) is 38.8 Å². The zero-order valence-electron chi connectivity index (χ0n) is 14.2. The van der Waals surface area contributed by atoms with Crippen LogP contribution in [0.25, 0.3) is 0 Å². The van der Waals surface area contributed by atoms with E-state index in [1.54, 1.807) is 29.2 Å². The fourth-order valence-electron chi connectivity index (χ4n) is 3.44. The summed E-state index contributed by atoms with van der Waals surface area (Å²) < 4.78 is 0. The van der Waals surface area contributed by atoms with Gasteiger partial charge in [-0.25, -0.2) is 0 Å². The van der Waals surface area contributed by atoms with E-state index in [4.69, 9.17) is 11.6 Å². The van der Waals surface area contributed by atoms with Crippen LogP contribution in [0.1, 0.15) is 36.0 Å². The maximum Gasteiger partial charge on any atom is 0.253 e. The molecule has 5 nitrogen and oxygen atoms in total. The number of amides is 2. The van der Waals surface area contributed by atoms with E-state index in [9.17, 15) is 9.59 Å². The highest BCUT2D eigenvalue weighted by Gasteiger charge is 2.30. The number of hydrogen-bond donors (Lipinski definition) is 2. The van der Waals surface area contributed by atoms with Crippen molar-refractivity contribution in [2.75, 3.05) is 26.2 Å². The summed E-state index contributed by atoms with van der Waals surface area (Å²) >= 11 is 5.88. The molecule has 0 aliphatic carbocycles. The second-order valence-corrected chi connectivity index (χ2v) is 7.07. The van der Waals surface area contributed by atoms with Gasteiger partial charge < -0.3 is 15.5 Å². The van der Waals surface area contributed by atoms with Crippen LogP contribution in [0, 0.1) is 5.92 Å². The Hall–Kier alpha value is -1.30. The number of hydrogen-bond acceptors (Lipinski definition) is 3. The zero-order chi connectivity index (χ0) is 16.9. The summed E-state index contributed by atoms with van der Waals surface area (Å²) in [4.78, 5) is 26.9. The van der Waals surface area contributed by atoms with Crippen molar-refractivity contribution in [2.24, 2.45) is 5.92 Å². The van der Waals surface area contributed by atoms with Gasteiger partial charge in [0.05, 0.1) is 5.92 Å². The van der Waals surface area contributed by atoms with Gasteiger partial charge >= 0.3 is 0 Å². The van der Waals surface area contributed by atoms with Crippen LogP contribution in [0.15, 0.2) is 24.3 Å². The molecule has 7 heteroatoms. The molecule has 1 aromatic rings. The minimum Gasteiger partial charge on any atom is -0.353 e. The molecular weight excluding hydrogens is 361 g/mol. The van der Waals surface area contributed by atoms with Crippen molar-refractivity contribution in [2.45, 2.75) is 31.7 Å². The first-order valence-electron chi connectivity index (χ1n) is 8.69. The van der Waals surface area contributed by atoms with Gasteiger partial charge in [-0.2, -0.15) is 0 Å². The Kier molecular flexibility index (Phi) is 7.54. The molecular formula is C18H25Cl2N3O2. The van der Waals surface area contributed by atoms with Crippen LogP contribution in [0.3, 0.4) is 0 Å². The number of benzene rings is 1. The molecule has 25 heavy (non-hydrogen) atoms. The lowest BCUT2D eigenvalue weighted by Gasteiger charge is -2.33. The Morgan fingerprint density at radius 1 is 1.12 bits per heavy atom. The monoisotopic (exact) mass is 385 g/mol. The molecule has 0 radical (unpaired) electrons. The van der Waals surface area contributed by atoms with Gasteiger partial charge in [0.1, 0.15) is 0 Å². The van der Waals surface area contributed by atoms with Crippen molar-refractivity contribution in [3.63, 3.8) is 0 Å². The lowest BCUT2D eigenvalue weighted by atomic mass is 9.95. The maximum absolute atomic E-state index is 12.6. The lowest BCUT2D eigenvalue weighted by molar-refractivity contribution is -0.127. The molecule has 0 spiro atoms. The van der Waals surface area contributed by atoms with Gasteiger partial charge in [-0.1, -0.05) is 11.6 Å². The molecule has 2 amide bonds. The van der Waals surface area contributed by atoms with Crippen molar-refractivity contribution in [1.82, 2.24) is 15.5 Å². The standard InChI is InChI=1S/C18H24ClN3O2.ClH/c19-15-5-3-13(4-6-15)18(24)22-11-1-2-14(12-22)17(23)21-16-7-9-20-10-8-16;/h3-6,14,16,20H,1-2,7-12H2,(H,21,23);1H. The van der Waals surface area contributed by atoms with E-state index < -0.39 is 0 Å². The largest absolute Gasteiger partial charge is 0.353 e. The Balaban J connectivity index is 0.00000225. The number of halogens is 2. The maximum atomic E-state index is 12.6. The van der Waals surface area contributed by atoms with Crippen molar-refractivity contribution in [1.29, 1.82) is 0 Å². The minimum absolute atomic E-state index is 0. The van der Waals surface area contributed by atoms with Gasteiger partial charge in [0, 0.05) is 29.7 Å². The first-order valence-corrected chi connectivity index (χ1v) is 9.07. The second kappa shape index (κ2) is 9.41. The lowest BCUT2D eigenvalue weighted by Crippen LogP contribution is -2.49. The third-order valence-electron chi connectivity index (χ3n) is 4.86. The van der Waals surface area contributed by atoms with E-state index in [2.05, 4.69) is 10.6 Å². The van der Waals surface area contributed by atoms with Crippen LogP contribution in [-0.2, 0) is 4.79 Å². The quantitative estimate of drug-likeness (QED) is 0.839. The van der Waals surface area contributed by atoms with E-state index in [1.807, 2.05) is 0 Å². The highest BCUT2D eigenvalue weighted by molar-refractivity contribution is 6.30. The first kappa shape index (κ1) is 20.0. The van der Waals surface area contributed by atoms with Crippen LogP contribution in [0.4, 0.5) is 0 Å². The van der Waals surface area contributed by atoms with Gasteiger partial charge in [0.2, 0.25) is 5.91 Å². The fraction of sp³-hybridized carbons (Fsp3) is 0.556. The number of nitrogens with zero attached hydrogens (tertiary/aromatic N) is 1. The van der Waals surface area contributed by atoms with Crippen molar-refractivity contribution >= 4 is 35.8 Å². The molecule has 2 saturated heterocycles. The molecule has 138 valence electrons. The molecule has 0 saturated carbocycles. The van der Waals surface area contributed by atoms with E-state index in [-0.39, 0.29) is 36.2 Å². The summed E-state index contributed by atoms with van der Waals surface area (Å²) in [6.45, 7) is 3.12. The number of carbonyl (C=O) groups is 2. The number of carbonyl (C=O) groups excluding carboxylic acids is 2. The second-order valence-electron chi connectivity index (χ2n) is 6.63. The molecule has 2 heterocycles. The first-order chi connectivity index (χ1) is 11.6. The molecule has 3 rings (SSSR count). The molecule has 2 aliphatic rings. The molecule has 0 bridgehead atoms. The molecule has 2 fully saturated rings. The topological polar surface area (TPSA) is 61.4 Å². The zero-order valence-corrected chi connectivity index (χ0v) is 15.7. The number of nitrogens with one attached hydrogen (secondary N) is 2.